The van der Waals surface area contributed by atoms with Crippen LogP contribution in [0.2, 0.25) is 0 Å². The van der Waals surface area contributed by atoms with Gasteiger partial charge in [0, 0.05) is 31.9 Å². The first-order chi connectivity index (χ1) is 8.49. The summed E-state index contributed by atoms with van der Waals surface area (Å²) < 4.78 is 1.69. The summed E-state index contributed by atoms with van der Waals surface area (Å²) in [6.45, 7) is 4.82. The van der Waals surface area contributed by atoms with E-state index in [0.717, 1.165) is 5.56 Å². The third-order valence-electron chi connectivity index (χ3n) is 2.71. The fourth-order valence-corrected chi connectivity index (χ4v) is 1.47. The van der Waals surface area contributed by atoms with Gasteiger partial charge in [0.2, 0.25) is 0 Å². The Morgan fingerprint density at radius 1 is 1.50 bits per heavy atom. The minimum absolute atomic E-state index is 0.213. The Morgan fingerprint density at radius 3 is 2.78 bits per heavy atom. The topological polar surface area (TPSA) is 79.2 Å². The first-order valence-corrected chi connectivity index (χ1v) is 6.16. The number of rotatable bonds is 6. The molecule has 0 saturated heterocycles. The largest absolute Gasteiger partial charge is 0.393 e. The smallest absolute Gasteiger partial charge is 0.315 e. The number of carbonyl (C=O) groups excluding carboxylic acids is 1. The quantitative estimate of drug-likeness (QED) is 0.696. The highest BCUT2D eigenvalue weighted by Crippen LogP contribution is 2.03. The molecule has 0 aliphatic heterocycles. The van der Waals surface area contributed by atoms with Gasteiger partial charge in [0.15, 0.2) is 0 Å². The molecule has 0 saturated carbocycles. The Bertz CT molecular complexity index is 376. The van der Waals surface area contributed by atoms with Crippen molar-refractivity contribution < 1.29 is 9.90 Å². The van der Waals surface area contributed by atoms with Crippen molar-refractivity contribution in [3.63, 3.8) is 0 Å². The molecule has 6 nitrogen and oxygen atoms in total. The summed E-state index contributed by atoms with van der Waals surface area (Å²) in [7, 11) is 1.83. The molecule has 1 unspecified atom stereocenters. The Morgan fingerprint density at radius 2 is 2.22 bits per heavy atom. The molecule has 0 aromatic carbocycles. The van der Waals surface area contributed by atoms with Gasteiger partial charge >= 0.3 is 6.03 Å². The lowest BCUT2D eigenvalue weighted by Crippen LogP contribution is -2.37. The molecule has 0 bridgehead atoms. The number of aliphatic hydroxyl groups excluding tert-OH is 1. The second kappa shape index (κ2) is 7.00. The highest BCUT2D eigenvalue weighted by molar-refractivity contribution is 5.73. The Labute approximate surface area is 107 Å². The number of hydrogen-bond donors (Lipinski definition) is 3. The van der Waals surface area contributed by atoms with E-state index >= 15 is 0 Å². The van der Waals surface area contributed by atoms with Gasteiger partial charge in [-0.25, -0.2) is 4.79 Å². The summed E-state index contributed by atoms with van der Waals surface area (Å²) in [4.78, 5) is 11.4. The van der Waals surface area contributed by atoms with Crippen LogP contribution in [-0.2, 0) is 13.6 Å². The summed E-state index contributed by atoms with van der Waals surface area (Å²) in [5.74, 6) is 0.213. The molecular formula is C12H22N4O2. The highest BCUT2D eigenvalue weighted by Gasteiger charge is 2.09. The molecule has 0 aliphatic carbocycles. The summed E-state index contributed by atoms with van der Waals surface area (Å²) >= 11 is 0. The highest BCUT2D eigenvalue weighted by atomic mass is 16.3. The number of amides is 2. The van der Waals surface area contributed by atoms with Crippen molar-refractivity contribution in [2.24, 2.45) is 13.0 Å². The number of nitrogens with zero attached hydrogens (tertiary/aromatic N) is 2. The number of aliphatic hydroxyl groups is 1. The van der Waals surface area contributed by atoms with E-state index in [1.54, 1.807) is 10.9 Å². The minimum Gasteiger partial charge on any atom is -0.393 e. The average molecular weight is 254 g/mol. The standard InChI is InChI=1S/C12H22N4O2/c1-9(2)11(17)4-5-13-12(18)14-6-10-7-15-16(3)8-10/h7-9,11,17H,4-6H2,1-3H3,(H2,13,14,18). The van der Waals surface area contributed by atoms with Gasteiger partial charge in [-0.2, -0.15) is 5.10 Å². The van der Waals surface area contributed by atoms with Crippen molar-refractivity contribution in [3.8, 4) is 0 Å². The molecule has 1 heterocycles. The molecule has 0 aliphatic rings. The van der Waals surface area contributed by atoms with E-state index in [0.29, 0.717) is 19.5 Å². The van der Waals surface area contributed by atoms with Crippen LogP contribution in [0.4, 0.5) is 4.79 Å². The third kappa shape index (κ3) is 5.18. The zero-order valence-electron chi connectivity index (χ0n) is 11.2. The summed E-state index contributed by atoms with van der Waals surface area (Å²) in [6.07, 6.45) is 3.76. The predicted octanol–water partition coefficient (Wildman–Crippen LogP) is 0.626. The molecule has 0 radical (unpaired) electrons. The zero-order valence-corrected chi connectivity index (χ0v) is 11.2. The molecule has 2 amide bonds. The molecule has 1 rings (SSSR count). The number of carbonyl (C=O) groups is 1. The zero-order chi connectivity index (χ0) is 13.5. The molecule has 18 heavy (non-hydrogen) atoms. The predicted molar refractivity (Wildman–Crippen MR) is 68.9 cm³/mol. The van der Waals surface area contributed by atoms with Crippen molar-refractivity contribution in [2.75, 3.05) is 6.54 Å². The Hall–Kier alpha value is -1.56. The molecule has 1 atom stereocenters. The van der Waals surface area contributed by atoms with E-state index in [2.05, 4.69) is 15.7 Å². The second-order valence-corrected chi connectivity index (χ2v) is 4.73. The maximum Gasteiger partial charge on any atom is 0.315 e. The van der Waals surface area contributed by atoms with Crippen molar-refractivity contribution in [2.45, 2.75) is 32.9 Å². The maximum atomic E-state index is 11.4. The van der Waals surface area contributed by atoms with Crippen LogP contribution in [0.15, 0.2) is 12.4 Å². The van der Waals surface area contributed by atoms with Gasteiger partial charge in [0.1, 0.15) is 0 Å². The molecule has 1 aromatic heterocycles. The lowest BCUT2D eigenvalue weighted by atomic mass is 10.0. The molecule has 1 aromatic rings. The van der Waals surface area contributed by atoms with Crippen LogP contribution in [0, 0.1) is 5.92 Å². The van der Waals surface area contributed by atoms with Crippen LogP contribution in [0.25, 0.3) is 0 Å². The van der Waals surface area contributed by atoms with Gasteiger partial charge in [0.05, 0.1) is 12.3 Å². The van der Waals surface area contributed by atoms with Gasteiger partial charge in [-0.15, -0.1) is 0 Å². The van der Waals surface area contributed by atoms with Crippen LogP contribution in [0.3, 0.4) is 0 Å². The second-order valence-electron chi connectivity index (χ2n) is 4.73. The molecule has 6 heteroatoms. The van der Waals surface area contributed by atoms with Crippen LogP contribution in [0.1, 0.15) is 25.8 Å². The first-order valence-electron chi connectivity index (χ1n) is 6.16. The number of urea groups is 1. The fraction of sp³-hybridized carbons (Fsp3) is 0.667. The van der Waals surface area contributed by atoms with E-state index in [1.807, 2.05) is 27.1 Å². The molecule has 3 N–H and O–H groups in total. The summed E-state index contributed by atoms with van der Waals surface area (Å²) in [5, 5.41) is 19.0. The van der Waals surface area contributed by atoms with E-state index in [9.17, 15) is 9.90 Å². The van der Waals surface area contributed by atoms with Gasteiger partial charge in [-0.1, -0.05) is 13.8 Å². The van der Waals surface area contributed by atoms with Crippen LogP contribution >= 0.6 is 0 Å². The molecule has 102 valence electrons. The van der Waals surface area contributed by atoms with Gasteiger partial charge < -0.3 is 15.7 Å². The lowest BCUT2D eigenvalue weighted by molar-refractivity contribution is 0.116. The van der Waals surface area contributed by atoms with Gasteiger partial charge in [-0.05, 0) is 12.3 Å². The molecule has 0 spiro atoms. The summed E-state index contributed by atoms with van der Waals surface area (Å²) in [5.41, 5.74) is 0.954. The minimum atomic E-state index is -0.372. The van der Waals surface area contributed by atoms with Crippen molar-refractivity contribution in [1.29, 1.82) is 0 Å². The van der Waals surface area contributed by atoms with E-state index < -0.39 is 0 Å². The molecular weight excluding hydrogens is 232 g/mol. The van der Waals surface area contributed by atoms with E-state index in [1.165, 1.54) is 0 Å². The van der Waals surface area contributed by atoms with E-state index in [4.69, 9.17) is 0 Å². The van der Waals surface area contributed by atoms with Crippen molar-refractivity contribution in [1.82, 2.24) is 20.4 Å². The molecule has 0 fully saturated rings. The van der Waals surface area contributed by atoms with Crippen LogP contribution < -0.4 is 10.6 Å². The Kier molecular flexibility index (Phi) is 5.64. The monoisotopic (exact) mass is 254 g/mol. The number of hydrogen-bond acceptors (Lipinski definition) is 3. The SMILES string of the molecule is CC(C)C(O)CCNC(=O)NCc1cnn(C)c1. The Balaban J connectivity index is 2.14. The van der Waals surface area contributed by atoms with Crippen LogP contribution in [-0.4, -0.2) is 33.6 Å². The average Bonchev–Trinajstić information content (AvgIpc) is 2.72. The summed E-state index contributed by atoms with van der Waals surface area (Å²) in [6, 6.07) is -0.227. The number of nitrogens with one attached hydrogen (secondary N) is 2. The third-order valence-corrected chi connectivity index (χ3v) is 2.71. The van der Waals surface area contributed by atoms with Crippen LogP contribution in [0.5, 0.6) is 0 Å². The van der Waals surface area contributed by atoms with Gasteiger partial charge in [0.25, 0.3) is 0 Å². The number of aryl methyl sites for hydroxylation is 1. The van der Waals surface area contributed by atoms with Gasteiger partial charge in [-0.3, -0.25) is 4.68 Å². The van der Waals surface area contributed by atoms with Crippen molar-refractivity contribution in [3.05, 3.63) is 18.0 Å². The fourth-order valence-electron chi connectivity index (χ4n) is 1.47. The van der Waals surface area contributed by atoms with Crippen molar-refractivity contribution >= 4 is 6.03 Å². The normalized spacial score (nSPS) is 12.5. The number of aromatic nitrogens is 2. The lowest BCUT2D eigenvalue weighted by Gasteiger charge is -2.14. The maximum absolute atomic E-state index is 11.4. The van der Waals surface area contributed by atoms with E-state index in [-0.39, 0.29) is 18.1 Å². The first kappa shape index (κ1) is 14.5.